The van der Waals surface area contributed by atoms with Crippen LogP contribution in [0.4, 0.5) is 4.39 Å². The van der Waals surface area contributed by atoms with E-state index >= 15 is 0 Å². The molecule has 0 radical (unpaired) electrons. The summed E-state index contributed by atoms with van der Waals surface area (Å²) in [5.74, 6) is -0.149. The van der Waals surface area contributed by atoms with E-state index < -0.39 is 0 Å². The van der Waals surface area contributed by atoms with E-state index in [1.54, 1.807) is 12.1 Å². The molecule has 2 heteroatoms. The Labute approximate surface area is 78.0 Å². The van der Waals surface area contributed by atoms with Crippen LogP contribution < -0.4 is 5.32 Å². The molecule has 0 saturated heterocycles. The first-order valence-corrected chi connectivity index (χ1v) is 4.67. The van der Waals surface area contributed by atoms with Gasteiger partial charge in [-0.15, -0.1) is 0 Å². The van der Waals surface area contributed by atoms with Crippen LogP contribution in [0.5, 0.6) is 0 Å². The van der Waals surface area contributed by atoms with Crippen molar-refractivity contribution in [1.29, 1.82) is 0 Å². The summed E-state index contributed by atoms with van der Waals surface area (Å²) in [6.45, 7) is 0.999. The van der Waals surface area contributed by atoms with Crippen LogP contribution in [-0.2, 0) is 5.41 Å². The van der Waals surface area contributed by atoms with Crippen LogP contribution in [0.1, 0.15) is 18.4 Å². The van der Waals surface area contributed by atoms with E-state index in [9.17, 15) is 4.39 Å². The van der Waals surface area contributed by atoms with Gasteiger partial charge in [0.05, 0.1) is 0 Å². The first-order valence-electron chi connectivity index (χ1n) is 4.67. The number of benzene rings is 1. The van der Waals surface area contributed by atoms with Crippen molar-refractivity contribution in [2.75, 3.05) is 13.6 Å². The summed E-state index contributed by atoms with van der Waals surface area (Å²) in [6.07, 6.45) is 2.44. The minimum absolute atomic E-state index is 0.149. The lowest BCUT2D eigenvalue weighted by Crippen LogP contribution is -2.23. The Morgan fingerprint density at radius 2 is 1.92 bits per heavy atom. The minimum Gasteiger partial charge on any atom is -0.319 e. The van der Waals surface area contributed by atoms with E-state index in [2.05, 4.69) is 5.32 Å². The Kier molecular flexibility index (Phi) is 2.08. The van der Waals surface area contributed by atoms with Crippen molar-refractivity contribution in [2.24, 2.45) is 0 Å². The summed E-state index contributed by atoms with van der Waals surface area (Å²) < 4.78 is 12.7. The Balaban J connectivity index is 2.20. The molecule has 0 unspecified atom stereocenters. The number of hydrogen-bond donors (Lipinski definition) is 1. The zero-order valence-electron chi connectivity index (χ0n) is 7.81. The third-order valence-corrected chi connectivity index (χ3v) is 2.83. The molecule has 0 aromatic heterocycles. The van der Waals surface area contributed by atoms with Gasteiger partial charge >= 0.3 is 0 Å². The highest BCUT2D eigenvalue weighted by Gasteiger charge is 2.43. The molecule has 1 aromatic carbocycles. The van der Waals surface area contributed by atoms with Gasteiger partial charge in [-0.25, -0.2) is 4.39 Å². The first-order chi connectivity index (χ1) is 6.27. The van der Waals surface area contributed by atoms with Crippen LogP contribution in [0.2, 0.25) is 0 Å². The molecule has 1 N–H and O–H groups in total. The molecule has 0 aliphatic heterocycles. The van der Waals surface area contributed by atoms with Gasteiger partial charge in [0.25, 0.3) is 0 Å². The van der Waals surface area contributed by atoms with Crippen molar-refractivity contribution in [3.63, 3.8) is 0 Å². The quantitative estimate of drug-likeness (QED) is 0.749. The highest BCUT2D eigenvalue weighted by atomic mass is 19.1. The van der Waals surface area contributed by atoms with E-state index in [1.807, 2.05) is 19.2 Å². The molecule has 0 atom stereocenters. The van der Waals surface area contributed by atoms with Gasteiger partial charge in [-0.3, -0.25) is 0 Å². The zero-order chi connectivity index (χ0) is 9.31. The van der Waals surface area contributed by atoms with E-state index in [1.165, 1.54) is 18.4 Å². The number of halogens is 1. The summed E-state index contributed by atoms with van der Waals surface area (Å²) in [7, 11) is 1.96. The molecule has 0 bridgehead atoms. The predicted molar refractivity (Wildman–Crippen MR) is 51.2 cm³/mol. The van der Waals surface area contributed by atoms with Crippen molar-refractivity contribution in [3.05, 3.63) is 35.6 Å². The van der Waals surface area contributed by atoms with Crippen LogP contribution in [0.25, 0.3) is 0 Å². The van der Waals surface area contributed by atoms with E-state index in [0.717, 1.165) is 6.54 Å². The van der Waals surface area contributed by atoms with E-state index in [-0.39, 0.29) is 5.82 Å². The van der Waals surface area contributed by atoms with Gasteiger partial charge in [-0.2, -0.15) is 0 Å². The second kappa shape index (κ2) is 3.11. The monoisotopic (exact) mass is 179 g/mol. The molecular weight excluding hydrogens is 165 g/mol. The Morgan fingerprint density at radius 1 is 1.31 bits per heavy atom. The van der Waals surface area contributed by atoms with Gasteiger partial charge in [0.15, 0.2) is 0 Å². The average Bonchev–Trinajstić information content (AvgIpc) is 2.87. The van der Waals surface area contributed by atoms with Crippen molar-refractivity contribution >= 4 is 0 Å². The molecule has 0 heterocycles. The largest absolute Gasteiger partial charge is 0.319 e. The van der Waals surface area contributed by atoms with Crippen molar-refractivity contribution < 1.29 is 4.39 Å². The number of rotatable bonds is 3. The normalized spacial score (nSPS) is 18.6. The van der Waals surface area contributed by atoms with Gasteiger partial charge < -0.3 is 5.32 Å². The fraction of sp³-hybridized carbons (Fsp3) is 0.455. The number of hydrogen-bond acceptors (Lipinski definition) is 1. The van der Waals surface area contributed by atoms with E-state index in [0.29, 0.717) is 5.41 Å². The van der Waals surface area contributed by atoms with Crippen LogP contribution in [0, 0.1) is 5.82 Å². The Hall–Kier alpha value is -0.890. The minimum atomic E-state index is -0.149. The average molecular weight is 179 g/mol. The molecule has 1 nitrogen and oxygen atoms in total. The highest BCUT2D eigenvalue weighted by molar-refractivity contribution is 5.31. The van der Waals surface area contributed by atoms with E-state index in [4.69, 9.17) is 0 Å². The lowest BCUT2D eigenvalue weighted by Gasteiger charge is -2.14. The molecule has 1 saturated carbocycles. The second-order valence-corrected chi connectivity index (χ2v) is 3.82. The Bertz CT molecular complexity index is 287. The fourth-order valence-corrected chi connectivity index (χ4v) is 1.86. The van der Waals surface area contributed by atoms with Gasteiger partial charge in [-0.05, 0) is 37.6 Å². The third-order valence-electron chi connectivity index (χ3n) is 2.83. The first kappa shape index (κ1) is 8.70. The Morgan fingerprint density at radius 3 is 2.38 bits per heavy atom. The zero-order valence-corrected chi connectivity index (χ0v) is 7.81. The topological polar surface area (TPSA) is 12.0 Å². The molecule has 2 rings (SSSR count). The summed E-state index contributed by atoms with van der Waals surface area (Å²) in [5.41, 5.74) is 1.57. The summed E-state index contributed by atoms with van der Waals surface area (Å²) in [6, 6.07) is 6.90. The lowest BCUT2D eigenvalue weighted by molar-refractivity contribution is 0.609. The van der Waals surface area contributed by atoms with Gasteiger partial charge in [0.2, 0.25) is 0 Å². The molecule has 1 aromatic rings. The maximum Gasteiger partial charge on any atom is 0.123 e. The van der Waals surface area contributed by atoms with Crippen LogP contribution in [-0.4, -0.2) is 13.6 Å². The lowest BCUT2D eigenvalue weighted by atomic mass is 9.96. The van der Waals surface area contributed by atoms with Crippen LogP contribution >= 0.6 is 0 Å². The summed E-state index contributed by atoms with van der Waals surface area (Å²) in [4.78, 5) is 0. The maximum absolute atomic E-state index is 12.7. The van der Waals surface area contributed by atoms with Crippen molar-refractivity contribution in [1.82, 2.24) is 5.32 Å². The SMILES string of the molecule is CNCC1(c2ccc(F)cc2)CC1. The summed E-state index contributed by atoms with van der Waals surface area (Å²) >= 11 is 0. The van der Waals surface area contributed by atoms with Crippen molar-refractivity contribution in [2.45, 2.75) is 18.3 Å². The maximum atomic E-state index is 12.7. The second-order valence-electron chi connectivity index (χ2n) is 3.82. The molecule has 13 heavy (non-hydrogen) atoms. The fourth-order valence-electron chi connectivity index (χ4n) is 1.86. The smallest absolute Gasteiger partial charge is 0.123 e. The summed E-state index contributed by atoms with van der Waals surface area (Å²) in [5, 5.41) is 3.19. The van der Waals surface area contributed by atoms with Gasteiger partial charge in [-0.1, -0.05) is 12.1 Å². The predicted octanol–water partition coefficient (Wildman–Crippen LogP) is 2.08. The number of nitrogens with one attached hydrogen (secondary N) is 1. The van der Waals surface area contributed by atoms with Crippen molar-refractivity contribution in [3.8, 4) is 0 Å². The van der Waals surface area contributed by atoms with Crippen LogP contribution in [0.15, 0.2) is 24.3 Å². The molecular formula is C11H14FN. The molecule has 70 valence electrons. The molecule has 1 fully saturated rings. The highest BCUT2D eigenvalue weighted by Crippen LogP contribution is 2.47. The third kappa shape index (κ3) is 1.59. The molecule has 0 spiro atoms. The molecule has 1 aliphatic rings. The van der Waals surface area contributed by atoms with Crippen LogP contribution in [0.3, 0.4) is 0 Å². The van der Waals surface area contributed by atoms with Gasteiger partial charge in [0.1, 0.15) is 5.82 Å². The van der Waals surface area contributed by atoms with Gasteiger partial charge in [0, 0.05) is 12.0 Å². The molecule has 1 aliphatic carbocycles. The molecule has 0 amide bonds. The number of likely N-dealkylation sites (N-methyl/N-ethyl adjacent to an activating group) is 1. The standard InChI is InChI=1S/C11H14FN/c1-13-8-11(6-7-11)9-2-4-10(12)5-3-9/h2-5,13H,6-8H2,1H3.